The van der Waals surface area contributed by atoms with Crippen LogP contribution in [0.1, 0.15) is 6.42 Å². The Morgan fingerprint density at radius 1 is 1.50 bits per heavy atom. The number of carbonyl (C=O) groups excluding carboxylic acids is 2. The van der Waals surface area contributed by atoms with Crippen LogP contribution in [0.3, 0.4) is 0 Å². The van der Waals surface area contributed by atoms with Crippen LogP contribution in [0, 0.1) is 0 Å². The zero-order chi connectivity index (χ0) is 13.7. The van der Waals surface area contributed by atoms with Crippen molar-refractivity contribution in [1.82, 2.24) is 15.1 Å². The smallest absolute Gasteiger partial charge is 0.242 e. The maximum absolute atomic E-state index is 11.9. The summed E-state index contributed by atoms with van der Waals surface area (Å²) in [7, 11) is 3.84. The summed E-state index contributed by atoms with van der Waals surface area (Å²) in [5.74, 6) is -0.535. The van der Waals surface area contributed by atoms with Crippen LogP contribution in [0.2, 0.25) is 0 Å². The third-order valence-electron chi connectivity index (χ3n) is 2.91. The molecule has 1 aliphatic rings. The Kier molecular flexibility index (Phi) is 5.52. The molecule has 1 rings (SSSR count). The average molecular weight is 258 g/mol. The standard InChI is InChI=1S/C11H22N4O3/c1-14(2)6-8-3-9(16)7-15(8)11(18)5-13-10(17)4-12/h8-9,16H,3-7,12H2,1-2H3,(H,13,17). The molecule has 0 aromatic heterocycles. The molecular formula is C11H22N4O3. The van der Waals surface area contributed by atoms with Crippen molar-refractivity contribution in [2.75, 3.05) is 40.3 Å². The molecule has 2 unspecified atom stereocenters. The second-order valence-electron chi connectivity index (χ2n) is 4.83. The number of nitrogens with two attached hydrogens (primary N) is 1. The Balaban J connectivity index is 2.51. The number of β-amino-alcohol motifs (C(OH)–C–C–N with tert-alkyl or cyclic N) is 1. The Bertz CT molecular complexity index is 309. The van der Waals surface area contributed by atoms with E-state index < -0.39 is 6.10 Å². The van der Waals surface area contributed by atoms with Crippen LogP contribution in [0.5, 0.6) is 0 Å². The van der Waals surface area contributed by atoms with E-state index in [2.05, 4.69) is 5.32 Å². The van der Waals surface area contributed by atoms with E-state index in [1.54, 1.807) is 4.90 Å². The minimum Gasteiger partial charge on any atom is -0.391 e. The fraction of sp³-hybridized carbons (Fsp3) is 0.818. The van der Waals surface area contributed by atoms with Gasteiger partial charge in [-0.2, -0.15) is 0 Å². The first-order valence-electron chi connectivity index (χ1n) is 6.03. The number of rotatable bonds is 5. The van der Waals surface area contributed by atoms with E-state index in [4.69, 9.17) is 5.73 Å². The van der Waals surface area contributed by atoms with Crippen molar-refractivity contribution in [3.8, 4) is 0 Å². The second-order valence-corrected chi connectivity index (χ2v) is 4.83. The van der Waals surface area contributed by atoms with Gasteiger partial charge in [-0.15, -0.1) is 0 Å². The molecule has 1 saturated heterocycles. The molecule has 2 amide bonds. The summed E-state index contributed by atoms with van der Waals surface area (Å²) in [6.07, 6.45) is 0.0958. The Labute approximate surface area is 107 Å². The highest BCUT2D eigenvalue weighted by molar-refractivity contribution is 5.85. The van der Waals surface area contributed by atoms with Crippen LogP contribution in [0.15, 0.2) is 0 Å². The van der Waals surface area contributed by atoms with E-state index in [0.717, 1.165) is 0 Å². The van der Waals surface area contributed by atoms with Crippen molar-refractivity contribution < 1.29 is 14.7 Å². The molecule has 1 aliphatic heterocycles. The quantitative estimate of drug-likeness (QED) is 0.510. The van der Waals surface area contributed by atoms with Crippen LogP contribution >= 0.6 is 0 Å². The van der Waals surface area contributed by atoms with Gasteiger partial charge in [0.1, 0.15) is 0 Å². The Morgan fingerprint density at radius 2 is 2.17 bits per heavy atom. The highest BCUT2D eigenvalue weighted by Crippen LogP contribution is 2.18. The first-order chi connectivity index (χ1) is 8.43. The van der Waals surface area contributed by atoms with Gasteiger partial charge < -0.3 is 26.0 Å². The molecule has 0 saturated carbocycles. The van der Waals surface area contributed by atoms with Gasteiger partial charge >= 0.3 is 0 Å². The topological polar surface area (TPSA) is 98.9 Å². The van der Waals surface area contributed by atoms with Crippen LogP contribution in [-0.2, 0) is 9.59 Å². The number of nitrogens with zero attached hydrogens (tertiary/aromatic N) is 2. The largest absolute Gasteiger partial charge is 0.391 e. The average Bonchev–Trinajstić information content (AvgIpc) is 2.65. The molecule has 104 valence electrons. The molecule has 4 N–H and O–H groups in total. The SMILES string of the molecule is CN(C)CC1CC(O)CN1C(=O)CNC(=O)CN. The molecule has 0 aromatic carbocycles. The molecule has 18 heavy (non-hydrogen) atoms. The molecule has 0 spiro atoms. The van der Waals surface area contributed by atoms with Gasteiger partial charge in [0.25, 0.3) is 0 Å². The first kappa shape index (κ1) is 14.9. The highest BCUT2D eigenvalue weighted by atomic mass is 16.3. The number of aliphatic hydroxyl groups excluding tert-OH is 1. The molecule has 0 radical (unpaired) electrons. The maximum Gasteiger partial charge on any atom is 0.242 e. The molecule has 7 heteroatoms. The second kappa shape index (κ2) is 6.67. The van der Waals surface area contributed by atoms with Gasteiger partial charge in [-0.3, -0.25) is 9.59 Å². The fourth-order valence-electron chi connectivity index (χ4n) is 2.14. The number of nitrogens with one attached hydrogen (secondary N) is 1. The van der Waals surface area contributed by atoms with E-state index >= 15 is 0 Å². The summed E-state index contributed by atoms with van der Waals surface area (Å²) in [4.78, 5) is 26.5. The lowest BCUT2D eigenvalue weighted by molar-refractivity contribution is -0.133. The summed E-state index contributed by atoms with van der Waals surface area (Å²) in [6.45, 7) is 0.840. The predicted molar refractivity (Wildman–Crippen MR) is 66.7 cm³/mol. The van der Waals surface area contributed by atoms with Gasteiger partial charge in [-0.1, -0.05) is 0 Å². The minimum absolute atomic E-state index is 0.00252. The van der Waals surface area contributed by atoms with Gasteiger partial charge in [0.05, 0.1) is 19.2 Å². The van der Waals surface area contributed by atoms with Gasteiger partial charge in [0.15, 0.2) is 0 Å². The van der Waals surface area contributed by atoms with Gasteiger partial charge in [-0.25, -0.2) is 0 Å². The van der Waals surface area contributed by atoms with E-state index in [1.165, 1.54) is 0 Å². The lowest BCUT2D eigenvalue weighted by Gasteiger charge is -2.26. The van der Waals surface area contributed by atoms with Gasteiger partial charge in [-0.05, 0) is 20.5 Å². The minimum atomic E-state index is -0.482. The molecule has 2 atom stereocenters. The van der Waals surface area contributed by atoms with Crippen LogP contribution < -0.4 is 11.1 Å². The van der Waals surface area contributed by atoms with Crippen LogP contribution in [-0.4, -0.2) is 79.1 Å². The number of aliphatic hydroxyl groups is 1. The van der Waals surface area contributed by atoms with E-state index in [0.29, 0.717) is 19.5 Å². The number of hydrogen-bond donors (Lipinski definition) is 3. The van der Waals surface area contributed by atoms with Gasteiger partial charge in [0.2, 0.25) is 11.8 Å². The zero-order valence-electron chi connectivity index (χ0n) is 10.9. The lowest BCUT2D eigenvalue weighted by Crippen LogP contribution is -2.46. The van der Waals surface area contributed by atoms with Crippen molar-refractivity contribution in [3.05, 3.63) is 0 Å². The zero-order valence-corrected chi connectivity index (χ0v) is 10.9. The summed E-state index contributed by atoms with van der Waals surface area (Å²) < 4.78 is 0. The molecular weight excluding hydrogens is 236 g/mol. The third-order valence-corrected chi connectivity index (χ3v) is 2.91. The first-order valence-corrected chi connectivity index (χ1v) is 6.03. The van der Waals surface area contributed by atoms with Crippen molar-refractivity contribution >= 4 is 11.8 Å². The Morgan fingerprint density at radius 3 is 2.72 bits per heavy atom. The Hall–Kier alpha value is -1.18. The van der Waals surface area contributed by atoms with Crippen molar-refractivity contribution in [1.29, 1.82) is 0 Å². The van der Waals surface area contributed by atoms with Crippen LogP contribution in [0.25, 0.3) is 0 Å². The van der Waals surface area contributed by atoms with E-state index in [9.17, 15) is 14.7 Å². The fourth-order valence-corrected chi connectivity index (χ4v) is 2.14. The molecule has 1 fully saturated rings. The number of likely N-dealkylation sites (tertiary alicyclic amines) is 1. The van der Waals surface area contributed by atoms with Crippen LogP contribution in [0.4, 0.5) is 0 Å². The maximum atomic E-state index is 11.9. The molecule has 7 nitrogen and oxygen atoms in total. The number of carbonyl (C=O) groups is 2. The summed E-state index contributed by atoms with van der Waals surface area (Å²) in [6, 6.07) is -0.00252. The van der Waals surface area contributed by atoms with Crippen molar-refractivity contribution in [2.45, 2.75) is 18.6 Å². The van der Waals surface area contributed by atoms with E-state index in [1.807, 2.05) is 19.0 Å². The monoisotopic (exact) mass is 258 g/mol. The summed E-state index contributed by atoms with van der Waals surface area (Å²) >= 11 is 0. The van der Waals surface area contributed by atoms with E-state index in [-0.39, 0.29) is 30.9 Å². The van der Waals surface area contributed by atoms with Crippen molar-refractivity contribution in [2.24, 2.45) is 5.73 Å². The molecule has 0 bridgehead atoms. The lowest BCUT2D eigenvalue weighted by atomic mass is 10.2. The normalized spacial score (nSPS) is 23.5. The summed E-state index contributed by atoms with van der Waals surface area (Å²) in [5, 5.41) is 12.1. The molecule has 0 aromatic rings. The number of likely N-dealkylation sites (N-methyl/N-ethyl adjacent to an activating group) is 1. The highest BCUT2D eigenvalue weighted by Gasteiger charge is 2.34. The van der Waals surface area contributed by atoms with Crippen molar-refractivity contribution in [3.63, 3.8) is 0 Å². The van der Waals surface area contributed by atoms with Gasteiger partial charge in [0, 0.05) is 19.1 Å². The number of hydrogen-bond acceptors (Lipinski definition) is 5. The number of amides is 2. The molecule has 0 aliphatic carbocycles. The molecule has 1 heterocycles. The third kappa shape index (κ3) is 4.25. The predicted octanol–water partition coefficient (Wildman–Crippen LogP) is -2.42. The summed E-state index contributed by atoms with van der Waals surface area (Å²) in [5.41, 5.74) is 5.14.